The molecule has 0 aromatic heterocycles. The zero-order chi connectivity index (χ0) is 16.9. The second-order valence-electron chi connectivity index (χ2n) is 6.19. The van der Waals surface area contributed by atoms with Crippen molar-refractivity contribution in [3.05, 3.63) is 65.7 Å². The fourth-order valence-corrected chi connectivity index (χ4v) is 3.02. The monoisotopic (exact) mass is 322 g/mol. The van der Waals surface area contributed by atoms with Gasteiger partial charge in [-0.1, -0.05) is 42.5 Å². The molecule has 0 saturated carbocycles. The zero-order valence-corrected chi connectivity index (χ0v) is 13.9. The summed E-state index contributed by atoms with van der Waals surface area (Å²) in [4.78, 5) is 25.8. The predicted octanol–water partition coefficient (Wildman–Crippen LogP) is 3.23. The lowest BCUT2D eigenvalue weighted by Gasteiger charge is -2.16. The van der Waals surface area contributed by atoms with Gasteiger partial charge in [-0.05, 0) is 36.6 Å². The Labute approximate surface area is 142 Å². The van der Waals surface area contributed by atoms with Gasteiger partial charge in [0.15, 0.2) is 0 Å². The van der Waals surface area contributed by atoms with Crippen LogP contribution in [0.2, 0.25) is 0 Å². The smallest absolute Gasteiger partial charge is 0.227 e. The van der Waals surface area contributed by atoms with Gasteiger partial charge in [0, 0.05) is 18.7 Å². The first-order valence-electron chi connectivity index (χ1n) is 8.37. The molecule has 0 radical (unpaired) electrons. The highest BCUT2D eigenvalue weighted by Gasteiger charge is 2.21. The molecule has 0 aliphatic carbocycles. The van der Waals surface area contributed by atoms with E-state index in [0.717, 1.165) is 29.8 Å². The number of amides is 2. The van der Waals surface area contributed by atoms with Crippen molar-refractivity contribution in [3.8, 4) is 0 Å². The standard InChI is InChI=1S/C20H22N2O2/c1-15(17-6-3-2-4-7-17)21-19(23)14-16-9-11-18(12-10-16)22-13-5-8-20(22)24/h2-4,6-7,9-12,15H,5,8,13-14H2,1H3,(H,21,23)/t15-/m1/s1. The molecule has 4 heteroatoms. The van der Waals surface area contributed by atoms with E-state index in [4.69, 9.17) is 0 Å². The Hall–Kier alpha value is -2.62. The van der Waals surface area contributed by atoms with Gasteiger partial charge in [0.1, 0.15) is 0 Å². The molecule has 3 rings (SSSR count). The Morgan fingerprint density at radius 3 is 2.46 bits per heavy atom. The number of hydrogen-bond acceptors (Lipinski definition) is 2. The van der Waals surface area contributed by atoms with Crippen LogP contribution in [-0.2, 0) is 16.0 Å². The lowest BCUT2D eigenvalue weighted by molar-refractivity contribution is -0.121. The molecule has 1 atom stereocenters. The number of carbonyl (C=O) groups is 2. The molecule has 1 fully saturated rings. The van der Waals surface area contributed by atoms with E-state index in [1.165, 1.54) is 0 Å². The van der Waals surface area contributed by atoms with Crippen molar-refractivity contribution in [3.63, 3.8) is 0 Å². The normalized spacial score (nSPS) is 15.4. The summed E-state index contributed by atoms with van der Waals surface area (Å²) in [5, 5.41) is 3.02. The summed E-state index contributed by atoms with van der Waals surface area (Å²) in [7, 11) is 0. The highest BCUT2D eigenvalue weighted by molar-refractivity contribution is 5.95. The van der Waals surface area contributed by atoms with Crippen LogP contribution in [0.25, 0.3) is 0 Å². The van der Waals surface area contributed by atoms with Gasteiger partial charge in [-0.15, -0.1) is 0 Å². The largest absolute Gasteiger partial charge is 0.349 e. The highest BCUT2D eigenvalue weighted by atomic mass is 16.2. The van der Waals surface area contributed by atoms with Gasteiger partial charge in [0.25, 0.3) is 0 Å². The Morgan fingerprint density at radius 2 is 1.83 bits per heavy atom. The minimum Gasteiger partial charge on any atom is -0.349 e. The average Bonchev–Trinajstić information content (AvgIpc) is 3.02. The molecule has 24 heavy (non-hydrogen) atoms. The van der Waals surface area contributed by atoms with Crippen LogP contribution in [0, 0.1) is 0 Å². The molecule has 1 aliphatic rings. The third-order valence-electron chi connectivity index (χ3n) is 4.36. The third-order valence-corrected chi connectivity index (χ3v) is 4.36. The van der Waals surface area contributed by atoms with Crippen LogP contribution >= 0.6 is 0 Å². The summed E-state index contributed by atoms with van der Waals surface area (Å²) >= 11 is 0. The summed E-state index contributed by atoms with van der Waals surface area (Å²) in [6, 6.07) is 17.6. The number of rotatable bonds is 5. The molecule has 2 aromatic rings. The van der Waals surface area contributed by atoms with Gasteiger partial charge in [0.05, 0.1) is 12.5 Å². The molecule has 1 N–H and O–H groups in total. The van der Waals surface area contributed by atoms with E-state index in [9.17, 15) is 9.59 Å². The summed E-state index contributed by atoms with van der Waals surface area (Å²) < 4.78 is 0. The van der Waals surface area contributed by atoms with E-state index in [1.807, 2.05) is 61.5 Å². The second kappa shape index (κ2) is 7.30. The first-order valence-corrected chi connectivity index (χ1v) is 8.37. The van der Waals surface area contributed by atoms with Crippen LogP contribution in [0.4, 0.5) is 5.69 Å². The third kappa shape index (κ3) is 3.82. The molecule has 0 unspecified atom stereocenters. The molecular formula is C20H22N2O2. The second-order valence-corrected chi connectivity index (χ2v) is 6.19. The number of benzene rings is 2. The lowest BCUT2D eigenvalue weighted by Crippen LogP contribution is -2.28. The van der Waals surface area contributed by atoms with Gasteiger partial charge in [-0.3, -0.25) is 9.59 Å². The van der Waals surface area contributed by atoms with Gasteiger partial charge >= 0.3 is 0 Å². The summed E-state index contributed by atoms with van der Waals surface area (Å²) in [6.45, 7) is 2.77. The first kappa shape index (κ1) is 16.2. The molecule has 0 spiro atoms. The van der Waals surface area contributed by atoms with Crippen molar-refractivity contribution in [1.82, 2.24) is 5.32 Å². The van der Waals surface area contributed by atoms with Crippen molar-refractivity contribution >= 4 is 17.5 Å². The van der Waals surface area contributed by atoms with Gasteiger partial charge in [-0.2, -0.15) is 0 Å². The molecule has 1 saturated heterocycles. The molecule has 1 aliphatic heterocycles. The molecular weight excluding hydrogens is 300 g/mol. The average molecular weight is 322 g/mol. The first-order chi connectivity index (χ1) is 11.6. The van der Waals surface area contributed by atoms with Crippen LogP contribution < -0.4 is 10.2 Å². The van der Waals surface area contributed by atoms with Crippen LogP contribution in [0.1, 0.15) is 36.9 Å². The number of nitrogens with zero attached hydrogens (tertiary/aromatic N) is 1. The van der Waals surface area contributed by atoms with Crippen LogP contribution in [0.15, 0.2) is 54.6 Å². The minimum atomic E-state index is -0.0137. The number of nitrogens with one attached hydrogen (secondary N) is 1. The van der Waals surface area contributed by atoms with Crippen LogP contribution in [0.3, 0.4) is 0 Å². The van der Waals surface area contributed by atoms with Gasteiger partial charge < -0.3 is 10.2 Å². The molecule has 4 nitrogen and oxygen atoms in total. The molecule has 124 valence electrons. The number of carbonyl (C=O) groups excluding carboxylic acids is 2. The van der Waals surface area contributed by atoms with E-state index in [1.54, 1.807) is 4.90 Å². The maximum atomic E-state index is 12.2. The zero-order valence-electron chi connectivity index (χ0n) is 13.9. The van der Waals surface area contributed by atoms with E-state index >= 15 is 0 Å². The molecule has 2 aromatic carbocycles. The lowest BCUT2D eigenvalue weighted by atomic mass is 10.1. The van der Waals surface area contributed by atoms with Gasteiger partial charge in [0.2, 0.25) is 11.8 Å². The van der Waals surface area contributed by atoms with E-state index in [-0.39, 0.29) is 17.9 Å². The summed E-state index contributed by atoms with van der Waals surface area (Å²) in [5.74, 6) is 0.175. The summed E-state index contributed by atoms with van der Waals surface area (Å²) in [5.41, 5.74) is 2.95. The topological polar surface area (TPSA) is 49.4 Å². The Morgan fingerprint density at radius 1 is 1.12 bits per heavy atom. The predicted molar refractivity (Wildman–Crippen MR) is 94.7 cm³/mol. The molecule has 2 amide bonds. The quantitative estimate of drug-likeness (QED) is 0.919. The number of anilines is 1. The fraction of sp³-hybridized carbons (Fsp3) is 0.300. The Kier molecular flexibility index (Phi) is 4.94. The maximum absolute atomic E-state index is 12.2. The molecule has 0 bridgehead atoms. The van der Waals surface area contributed by atoms with Crippen molar-refractivity contribution in [2.24, 2.45) is 0 Å². The van der Waals surface area contributed by atoms with Crippen molar-refractivity contribution in [1.29, 1.82) is 0 Å². The van der Waals surface area contributed by atoms with Gasteiger partial charge in [-0.25, -0.2) is 0 Å². The maximum Gasteiger partial charge on any atom is 0.227 e. The van der Waals surface area contributed by atoms with Crippen LogP contribution in [-0.4, -0.2) is 18.4 Å². The highest BCUT2D eigenvalue weighted by Crippen LogP contribution is 2.21. The molecule has 1 heterocycles. The fourth-order valence-electron chi connectivity index (χ4n) is 3.02. The van der Waals surface area contributed by atoms with Crippen molar-refractivity contribution in [2.75, 3.05) is 11.4 Å². The van der Waals surface area contributed by atoms with Crippen LogP contribution in [0.5, 0.6) is 0 Å². The summed E-state index contributed by atoms with van der Waals surface area (Å²) in [6.07, 6.45) is 1.88. The Bertz CT molecular complexity index is 710. The SMILES string of the molecule is C[C@@H](NC(=O)Cc1ccc(N2CCCC2=O)cc1)c1ccccc1. The van der Waals surface area contributed by atoms with Crippen molar-refractivity contribution in [2.45, 2.75) is 32.2 Å². The van der Waals surface area contributed by atoms with Crippen molar-refractivity contribution < 1.29 is 9.59 Å². The Balaban J connectivity index is 1.57. The minimum absolute atomic E-state index is 0.00338. The van der Waals surface area contributed by atoms with E-state index in [2.05, 4.69) is 5.32 Å². The number of hydrogen-bond donors (Lipinski definition) is 1. The van der Waals surface area contributed by atoms with E-state index < -0.39 is 0 Å². The van der Waals surface area contributed by atoms with E-state index in [0.29, 0.717) is 12.8 Å².